The average molecular weight is 270 g/mol. The topological polar surface area (TPSA) is 46.5 Å². The SMILES string of the molecule is Cc1cccc(C)c1OCc1ccccc1CC(=O)O. The molecule has 0 bridgehead atoms. The Labute approximate surface area is 118 Å². The highest BCUT2D eigenvalue weighted by atomic mass is 16.5. The third-order valence-electron chi connectivity index (χ3n) is 3.24. The predicted octanol–water partition coefficient (Wildman–Crippen LogP) is 3.51. The van der Waals surface area contributed by atoms with Gasteiger partial charge in [0, 0.05) is 0 Å². The van der Waals surface area contributed by atoms with Gasteiger partial charge in [-0.2, -0.15) is 0 Å². The van der Waals surface area contributed by atoms with Gasteiger partial charge in [-0.05, 0) is 36.1 Å². The molecule has 0 saturated heterocycles. The minimum atomic E-state index is -0.829. The van der Waals surface area contributed by atoms with Crippen LogP contribution in [0.15, 0.2) is 42.5 Å². The molecule has 0 amide bonds. The smallest absolute Gasteiger partial charge is 0.307 e. The Hall–Kier alpha value is -2.29. The van der Waals surface area contributed by atoms with Gasteiger partial charge in [0.2, 0.25) is 0 Å². The molecule has 2 aromatic rings. The lowest BCUT2D eigenvalue weighted by Crippen LogP contribution is -2.06. The van der Waals surface area contributed by atoms with Gasteiger partial charge in [0.25, 0.3) is 0 Å². The average Bonchev–Trinajstić information content (AvgIpc) is 2.39. The third kappa shape index (κ3) is 3.38. The van der Waals surface area contributed by atoms with Crippen LogP contribution in [-0.4, -0.2) is 11.1 Å². The Kier molecular flexibility index (Phi) is 4.41. The molecule has 0 unspecified atom stereocenters. The first-order chi connectivity index (χ1) is 9.58. The molecule has 0 radical (unpaired) electrons. The molecule has 0 atom stereocenters. The van der Waals surface area contributed by atoms with E-state index in [-0.39, 0.29) is 6.42 Å². The van der Waals surface area contributed by atoms with Crippen LogP contribution in [0.1, 0.15) is 22.3 Å². The molecule has 0 heterocycles. The number of ether oxygens (including phenoxy) is 1. The van der Waals surface area contributed by atoms with E-state index >= 15 is 0 Å². The van der Waals surface area contributed by atoms with Crippen LogP contribution in [0.2, 0.25) is 0 Å². The van der Waals surface area contributed by atoms with Gasteiger partial charge < -0.3 is 9.84 Å². The minimum absolute atomic E-state index is 0.0201. The predicted molar refractivity (Wildman–Crippen MR) is 78.0 cm³/mol. The van der Waals surface area contributed by atoms with Gasteiger partial charge in [-0.3, -0.25) is 4.79 Å². The molecule has 1 N–H and O–H groups in total. The molecule has 0 aromatic heterocycles. The van der Waals surface area contributed by atoms with E-state index in [0.717, 1.165) is 28.0 Å². The van der Waals surface area contributed by atoms with Crippen LogP contribution in [0.3, 0.4) is 0 Å². The maximum atomic E-state index is 10.9. The number of carboxylic acids is 1. The molecular formula is C17H18O3. The molecule has 104 valence electrons. The zero-order valence-electron chi connectivity index (χ0n) is 11.7. The maximum absolute atomic E-state index is 10.9. The third-order valence-corrected chi connectivity index (χ3v) is 3.24. The first kappa shape index (κ1) is 14.1. The molecule has 0 aliphatic rings. The first-order valence-electron chi connectivity index (χ1n) is 6.55. The van der Waals surface area contributed by atoms with Crippen LogP contribution in [-0.2, 0) is 17.8 Å². The van der Waals surface area contributed by atoms with Crippen LogP contribution in [0, 0.1) is 13.8 Å². The normalized spacial score (nSPS) is 10.3. The number of aliphatic carboxylic acids is 1. The molecule has 0 saturated carbocycles. The van der Waals surface area contributed by atoms with Crippen molar-refractivity contribution in [2.24, 2.45) is 0 Å². The molecule has 3 heteroatoms. The van der Waals surface area contributed by atoms with Crippen molar-refractivity contribution in [1.29, 1.82) is 0 Å². The van der Waals surface area contributed by atoms with Crippen molar-refractivity contribution < 1.29 is 14.6 Å². The van der Waals surface area contributed by atoms with Gasteiger partial charge >= 0.3 is 5.97 Å². The van der Waals surface area contributed by atoms with E-state index in [1.165, 1.54) is 0 Å². The minimum Gasteiger partial charge on any atom is -0.488 e. The second-order valence-electron chi connectivity index (χ2n) is 4.85. The highest BCUT2D eigenvalue weighted by Gasteiger charge is 2.08. The van der Waals surface area contributed by atoms with Crippen LogP contribution in [0.25, 0.3) is 0 Å². The lowest BCUT2D eigenvalue weighted by Gasteiger charge is -2.13. The number of hydrogen-bond donors (Lipinski definition) is 1. The Morgan fingerprint density at radius 3 is 2.20 bits per heavy atom. The molecule has 0 aliphatic carbocycles. The van der Waals surface area contributed by atoms with Crippen molar-refractivity contribution in [2.45, 2.75) is 26.9 Å². The van der Waals surface area contributed by atoms with Crippen LogP contribution < -0.4 is 4.74 Å². The summed E-state index contributed by atoms with van der Waals surface area (Å²) in [6.07, 6.45) is 0.0201. The summed E-state index contributed by atoms with van der Waals surface area (Å²) in [7, 11) is 0. The van der Waals surface area contributed by atoms with Crippen molar-refractivity contribution >= 4 is 5.97 Å². The van der Waals surface area contributed by atoms with Gasteiger partial charge in [0.1, 0.15) is 12.4 Å². The van der Waals surface area contributed by atoms with Gasteiger partial charge in [0.05, 0.1) is 6.42 Å². The Balaban J connectivity index is 2.17. The Morgan fingerprint density at radius 1 is 1.00 bits per heavy atom. The standard InChI is InChI=1S/C17H18O3/c1-12-6-5-7-13(2)17(12)20-11-15-9-4-3-8-14(15)10-16(18)19/h3-9H,10-11H2,1-2H3,(H,18,19). The van der Waals surface area contributed by atoms with Crippen LogP contribution in [0.5, 0.6) is 5.75 Å². The second-order valence-corrected chi connectivity index (χ2v) is 4.85. The van der Waals surface area contributed by atoms with E-state index in [9.17, 15) is 4.79 Å². The fourth-order valence-electron chi connectivity index (χ4n) is 2.21. The van der Waals surface area contributed by atoms with Gasteiger partial charge in [0.15, 0.2) is 0 Å². The zero-order chi connectivity index (χ0) is 14.5. The van der Waals surface area contributed by atoms with E-state index in [1.807, 2.05) is 56.3 Å². The van der Waals surface area contributed by atoms with E-state index in [0.29, 0.717) is 6.61 Å². The number of benzene rings is 2. The summed E-state index contributed by atoms with van der Waals surface area (Å²) in [6.45, 7) is 4.39. The summed E-state index contributed by atoms with van der Waals surface area (Å²) >= 11 is 0. The van der Waals surface area contributed by atoms with E-state index in [2.05, 4.69) is 0 Å². The number of rotatable bonds is 5. The summed E-state index contributed by atoms with van der Waals surface area (Å²) in [4.78, 5) is 10.9. The summed E-state index contributed by atoms with van der Waals surface area (Å²) in [5.41, 5.74) is 3.88. The highest BCUT2D eigenvalue weighted by molar-refractivity contribution is 5.70. The lowest BCUT2D eigenvalue weighted by atomic mass is 10.1. The van der Waals surface area contributed by atoms with Gasteiger partial charge in [-0.25, -0.2) is 0 Å². The molecule has 0 aliphatic heterocycles. The first-order valence-corrected chi connectivity index (χ1v) is 6.55. The summed E-state index contributed by atoms with van der Waals surface area (Å²) in [6, 6.07) is 13.5. The van der Waals surface area contributed by atoms with Crippen LogP contribution in [0.4, 0.5) is 0 Å². The number of para-hydroxylation sites is 1. The molecule has 0 spiro atoms. The Morgan fingerprint density at radius 2 is 1.60 bits per heavy atom. The highest BCUT2D eigenvalue weighted by Crippen LogP contribution is 2.24. The molecular weight excluding hydrogens is 252 g/mol. The molecule has 20 heavy (non-hydrogen) atoms. The Bertz CT molecular complexity index is 597. The number of aryl methyl sites for hydroxylation is 2. The monoisotopic (exact) mass is 270 g/mol. The summed E-state index contributed by atoms with van der Waals surface area (Å²) < 4.78 is 5.88. The van der Waals surface area contributed by atoms with E-state index in [1.54, 1.807) is 0 Å². The summed E-state index contributed by atoms with van der Waals surface area (Å²) in [5.74, 6) is 0.0437. The lowest BCUT2D eigenvalue weighted by molar-refractivity contribution is -0.136. The van der Waals surface area contributed by atoms with Crippen molar-refractivity contribution in [3.05, 3.63) is 64.7 Å². The fraction of sp³-hybridized carbons (Fsp3) is 0.235. The van der Waals surface area contributed by atoms with Crippen molar-refractivity contribution in [3.8, 4) is 5.75 Å². The van der Waals surface area contributed by atoms with E-state index < -0.39 is 5.97 Å². The van der Waals surface area contributed by atoms with Crippen molar-refractivity contribution in [2.75, 3.05) is 0 Å². The van der Waals surface area contributed by atoms with Crippen molar-refractivity contribution in [1.82, 2.24) is 0 Å². The zero-order valence-corrected chi connectivity index (χ0v) is 11.7. The van der Waals surface area contributed by atoms with Crippen molar-refractivity contribution in [3.63, 3.8) is 0 Å². The number of carbonyl (C=O) groups is 1. The van der Waals surface area contributed by atoms with E-state index in [4.69, 9.17) is 9.84 Å². The molecule has 2 rings (SSSR count). The maximum Gasteiger partial charge on any atom is 0.307 e. The van der Waals surface area contributed by atoms with Crippen LogP contribution >= 0.6 is 0 Å². The fourth-order valence-corrected chi connectivity index (χ4v) is 2.21. The quantitative estimate of drug-likeness (QED) is 0.904. The summed E-state index contributed by atoms with van der Waals surface area (Å²) in [5, 5.41) is 8.92. The largest absolute Gasteiger partial charge is 0.488 e. The molecule has 0 fully saturated rings. The molecule has 2 aromatic carbocycles. The molecule has 3 nitrogen and oxygen atoms in total. The number of carboxylic acid groups (broad SMARTS) is 1. The van der Waals surface area contributed by atoms with Gasteiger partial charge in [-0.1, -0.05) is 42.5 Å². The van der Waals surface area contributed by atoms with Gasteiger partial charge in [-0.15, -0.1) is 0 Å². The second kappa shape index (κ2) is 6.24. The number of hydrogen-bond acceptors (Lipinski definition) is 2.